The third kappa shape index (κ3) is 3.95. The summed E-state index contributed by atoms with van der Waals surface area (Å²) in [5.74, 6) is -0.466. The second-order valence-corrected chi connectivity index (χ2v) is 10.4. The van der Waals surface area contributed by atoms with E-state index in [0.29, 0.717) is 20.6 Å². The quantitative estimate of drug-likeness (QED) is 0.569. The Morgan fingerprint density at radius 3 is 2.48 bits per heavy atom. The molecule has 2 aromatic heterocycles. The van der Waals surface area contributed by atoms with Crippen LogP contribution in [0.5, 0.6) is 0 Å². The van der Waals surface area contributed by atoms with Gasteiger partial charge in [-0.2, -0.15) is 0 Å². The first-order valence-corrected chi connectivity index (χ1v) is 11.6. The maximum atomic E-state index is 13.4. The van der Waals surface area contributed by atoms with Crippen molar-refractivity contribution < 1.29 is 9.53 Å². The number of carbonyl (C=O) groups excluding carboxylic acids is 1. The predicted molar refractivity (Wildman–Crippen MR) is 125 cm³/mol. The van der Waals surface area contributed by atoms with E-state index < -0.39 is 12.0 Å². The van der Waals surface area contributed by atoms with Crippen LogP contribution in [0.25, 0.3) is 6.08 Å². The van der Waals surface area contributed by atoms with Crippen LogP contribution < -0.4 is 14.9 Å². The predicted octanol–water partition coefficient (Wildman–Crippen LogP) is 3.77. The molecule has 4 rings (SSSR count). The van der Waals surface area contributed by atoms with Gasteiger partial charge in [-0.05, 0) is 41.0 Å². The van der Waals surface area contributed by atoms with Crippen LogP contribution in [0.1, 0.15) is 49.7 Å². The van der Waals surface area contributed by atoms with Crippen molar-refractivity contribution in [2.75, 3.05) is 7.11 Å². The van der Waals surface area contributed by atoms with Gasteiger partial charge >= 0.3 is 5.97 Å². The lowest BCUT2D eigenvalue weighted by molar-refractivity contribution is -0.136. The summed E-state index contributed by atoms with van der Waals surface area (Å²) >= 11 is 2.84. The number of thiazole rings is 1. The molecular weight excluding hydrogens is 428 g/mol. The summed E-state index contributed by atoms with van der Waals surface area (Å²) < 4.78 is 7.21. The van der Waals surface area contributed by atoms with Crippen molar-refractivity contribution in [2.24, 2.45) is 4.99 Å². The molecule has 31 heavy (non-hydrogen) atoms. The van der Waals surface area contributed by atoms with E-state index in [1.165, 1.54) is 35.3 Å². The van der Waals surface area contributed by atoms with Gasteiger partial charge in [-0.15, -0.1) is 11.3 Å². The molecule has 0 bridgehead atoms. The summed E-state index contributed by atoms with van der Waals surface area (Å²) in [4.78, 5) is 32.0. The maximum Gasteiger partial charge on any atom is 0.338 e. The molecule has 5 nitrogen and oxygen atoms in total. The van der Waals surface area contributed by atoms with Crippen LogP contribution in [0.15, 0.2) is 62.8 Å². The third-order valence-electron chi connectivity index (χ3n) is 5.31. The number of hydrogen-bond donors (Lipinski definition) is 0. The Kier molecular flexibility index (Phi) is 5.58. The van der Waals surface area contributed by atoms with Gasteiger partial charge in [0.25, 0.3) is 5.56 Å². The number of esters is 1. The number of ether oxygens (including phenoxy) is 1. The molecular formula is C24H24N2O3S2. The SMILES string of the molecule is COC(=O)C1=C(C)N=c2s/c(=C/c3ccc(C(C)(C)C)cc3)c(=O)n2[C@@H]1c1cccs1. The number of fused-ring (bicyclic) bond motifs is 1. The van der Waals surface area contributed by atoms with Crippen LogP contribution >= 0.6 is 22.7 Å². The zero-order valence-corrected chi connectivity index (χ0v) is 19.8. The first-order chi connectivity index (χ1) is 14.7. The lowest BCUT2D eigenvalue weighted by Crippen LogP contribution is -2.39. The molecule has 3 aromatic rings. The Labute approximate surface area is 188 Å². The third-order valence-corrected chi connectivity index (χ3v) is 7.22. The molecule has 0 saturated carbocycles. The second-order valence-electron chi connectivity index (χ2n) is 8.46. The minimum atomic E-state index is -0.533. The standard InChI is InChI=1S/C24H24N2O3S2/c1-14-19(22(28)29-5)20(17-7-6-12-30-17)26-21(27)18(31-23(26)25-14)13-15-8-10-16(11-9-15)24(2,3)4/h6-13,20H,1-5H3/b18-13+/t20-/m1/s1. The van der Waals surface area contributed by atoms with E-state index in [9.17, 15) is 9.59 Å². The van der Waals surface area contributed by atoms with Gasteiger partial charge in [-0.1, -0.05) is 62.4 Å². The first kappa shape index (κ1) is 21.5. The molecule has 7 heteroatoms. The van der Waals surface area contributed by atoms with Crippen molar-refractivity contribution >= 4 is 34.7 Å². The number of carbonyl (C=O) groups is 1. The van der Waals surface area contributed by atoms with E-state index in [1.807, 2.05) is 35.7 Å². The van der Waals surface area contributed by atoms with Crippen molar-refractivity contribution in [3.8, 4) is 0 Å². The number of allylic oxidation sites excluding steroid dienone is 1. The normalized spacial score (nSPS) is 16.8. The van der Waals surface area contributed by atoms with Gasteiger partial charge in [0.1, 0.15) is 6.04 Å². The molecule has 0 unspecified atom stereocenters. The van der Waals surface area contributed by atoms with Crippen LogP contribution in [0, 0.1) is 0 Å². The van der Waals surface area contributed by atoms with Crippen LogP contribution in [0.3, 0.4) is 0 Å². The average Bonchev–Trinajstić information content (AvgIpc) is 3.35. The molecule has 0 spiro atoms. The highest BCUT2D eigenvalue weighted by Gasteiger charge is 2.33. The molecule has 1 aromatic carbocycles. The van der Waals surface area contributed by atoms with E-state index >= 15 is 0 Å². The molecule has 0 saturated heterocycles. The molecule has 0 radical (unpaired) electrons. The topological polar surface area (TPSA) is 60.7 Å². The number of nitrogens with zero attached hydrogens (tertiary/aromatic N) is 2. The first-order valence-electron chi connectivity index (χ1n) is 9.95. The zero-order chi connectivity index (χ0) is 22.3. The highest BCUT2D eigenvalue weighted by Crippen LogP contribution is 2.33. The van der Waals surface area contributed by atoms with Gasteiger partial charge in [0.2, 0.25) is 0 Å². The zero-order valence-electron chi connectivity index (χ0n) is 18.1. The average molecular weight is 453 g/mol. The molecule has 0 fully saturated rings. The number of thiophene rings is 1. The Bertz CT molecular complexity index is 1340. The monoisotopic (exact) mass is 452 g/mol. The molecule has 3 heterocycles. The molecule has 0 amide bonds. The maximum absolute atomic E-state index is 13.4. The molecule has 1 aliphatic rings. The lowest BCUT2D eigenvalue weighted by Gasteiger charge is -2.22. The van der Waals surface area contributed by atoms with E-state index in [0.717, 1.165) is 10.4 Å². The van der Waals surface area contributed by atoms with Gasteiger partial charge in [-0.25, -0.2) is 9.79 Å². The van der Waals surface area contributed by atoms with Gasteiger partial charge in [-0.3, -0.25) is 9.36 Å². The Morgan fingerprint density at radius 2 is 1.90 bits per heavy atom. The smallest absolute Gasteiger partial charge is 0.338 e. The summed E-state index contributed by atoms with van der Waals surface area (Å²) in [6, 6.07) is 11.6. The van der Waals surface area contributed by atoms with E-state index in [-0.39, 0.29) is 11.0 Å². The molecule has 1 aliphatic heterocycles. The Morgan fingerprint density at radius 1 is 1.19 bits per heavy atom. The van der Waals surface area contributed by atoms with Crippen molar-refractivity contribution in [1.29, 1.82) is 0 Å². The highest BCUT2D eigenvalue weighted by atomic mass is 32.1. The Hall–Kier alpha value is -2.77. The summed E-state index contributed by atoms with van der Waals surface area (Å²) in [7, 11) is 1.35. The van der Waals surface area contributed by atoms with Crippen molar-refractivity contribution in [2.45, 2.75) is 39.2 Å². The van der Waals surface area contributed by atoms with Gasteiger partial charge < -0.3 is 4.74 Å². The summed E-state index contributed by atoms with van der Waals surface area (Å²) in [5, 5.41) is 1.94. The number of rotatable bonds is 3. The van der Waals surface area contributed by atoms with Gasteiger partial charge in [0, 0.05) is 4.88 Å². The van der Waals surface area contributed by atoms with E-state index in [2.05, 4.69) is 37.9 Å². The van der Waals surface area contributed by atoms with E-state index in [4.69, 9.17) is 4.74 Å². The minimum absolute atomic E-state index is 0.0698. The van der Waals surface area contributed by atoms with Gasteiger partial charge in [0.05, 0.1) is 22.9 Å². The van der Waals surface area contributed by atoms with Crippen LogP contribution in [-0.2, 0) is 14.9 Å². The lowest BCUT2D eigenvalue weighted by atomic mass is 9.87. The summed E-state index contributed by atoms with van der Waals surface area (Å²) in [6.45, 7) is 8.30. The molecule has 160 valence electrons. The fraction of sp³-hybridized carbons (Fsp3) is 0.292. The summed E-state index contributed by atoms with van der Waals surface area (Å²) in [6.07, 6.45) is 1.89. The second kappa shape index (κ2) is 8.05. The van der Waals surface area contributed by atoms with E-state index in [1.54, 1.807) is 11.5 Å². The fourth-order valence-corrected chi connectivity index (χ4v) is 5.51. The number of aromatic nitrogens is 1. The largest absolute Gasteiger partial charge is 0.466 e. The molecule has 0 N–H and O–H groups in total. The number of benzene rings is 1. The van der Waals surface area contributed by atoms with Crippen LogP contribution in [0.2, 0.25) is 0 Å². The highest BCUT2D eigenvalue weighted by molar-refractivity contribution is 7.10. The minimum Gasteiger partial charge on any atom is -0.466 e. The molecule has 1 atom stereocenters. The number of methoxy groups -OCH3 is 1. The van der Waals surface area contributed by atoms with Crippen LogP contribution in [-0.4, -0.2) is 17.6 Å². The fourth-order valence-electron chi connectivity index (χ4n) is 3.64. The number of hydrogen-bond acceptors (Lipinski definition) is 6. The Balaban J connectivity index is 1.88. The molecule has 0 aliphatic carbocycles. The van der Waals surface area contributed by atoms with Crippen molar-refractivity contribution in [3.05, 3.63) is 88.7 Å². The van der Waals surface area contributed by atoms with Gasteiger partial charge in [0.15, 0.2) is 4.80 Å². The summed E-state index contributed by atoms with van der Waals surface area (Å²) in [5.41, 5.74) is 3.08. The van der Waals surface area contributed by atoms with Crippen molar-refractivity contribution in [3.63, 3.8) is 0 Å². The van der Waals surface area contributed by atoms with Crippen molar-refractivity contribution in [1.82, 2.24) is 4.57 Å². The van der Waals surface area contributed by atoms with Crippen LogP contribution in [0.4, 0.5) is 0 Å².